The number of hydrogen-bond acceptors (Lipinski definition) is 4. The molecule has 0 aliphatic rings. The average molecular weight is 636 g/mol. The summed E-state index contributed by atoms with van der Waals surface area (Å²) < 4.78 is 42.7. The van der Waals surface area contributed by atoms with Crippen molar-refractivity contribution in [1.29, 1.82) is 0 Å². The Labute approximate surface area is 263 Å². The van der Waals surface area contributed by atoms with Gasteiger partial charge in [0, 0.05) is 24.5 Å². The van der Waals surface area contributed by atoms with Crippen LogP contribution in [-0.2, 0) is 32.6 Å². The third kappa shape index (κ3) is 8.67. The highest BCUT2D eigenvalue weighted by Gasteiger charge is 2.34. The average Bonchev–Trinajstić information content (AvgIpc) is 3.02. The van der Waals surface area contributed by atoms with Crippen LogP contribution in [0.3, 0.4) is 0 Å². The normalized spacial score (nSPS) is 12.0. The summed E-state index contributed by atoms with van der Waals surface area (Å²) in [6.07, 6.45) is 0.185. The molecule has 0 aromatic heterocycles. The molecule has 0 bridgehead atoms. The molecule has 4 aromatic rings. The number of hydrogen-bond donors (Lipinski definition) is 1. The first-order valence-electron chi connectivity index (χ1n) is 14.2. The Morgan fingerprint density at radius 2 is 1.41 bits per heavy atom. The lowest BCUT2D eigenvalue weighted by atomic mass is 10.0. The van der Waals surface area contributed by atoms with Gasteiger partial charge in [0.25, 0.3) is 10.0 Å². The molecule has 2 amide bonds. The zero-order valence-electron chi connectivity index (χ0n) is 24.6. The van der Waals surface area contributed by atoms with Crippen LogP contribution in [-0.4, -0.2) is 44.3 Å². The molecule has 0 unspecified atom stereocenters. The predicted molar refractivity (Wildman–Crippen MR) is 171 cm³/mol. The SMILES string of the molecule is CC(C)CNC(=O)[C@@H](Cc1ccccc1)N(Cc1ccc(F)cc1)C(=O)CN(c1ccc(Cl)cc1)S(=O)(=O)c1ccccc1. The van der Waals surface area contributed by atoms with E-state index in [9.17, 15) is 22.4 Å². The van der Waals surface area contributed by atoms with Crippen molar-refractivity contribution in [2.24, 2.45) is 5.92 Å². The Kier molecular flexibility index (Phi) is 11.1. The number of rotatable bonds is 13. The maximum absolute atomic E-state index is 14.4. The van der Waals surface area contributed by atoms with E-state index in [2.05, 4.69) is 5.32 Å². The topological polar surface area (TPSA) is 86.8 Å². The lowest BCUT2D eigenvalue weighted by Crippen LogP contribution is -2.53. The fourth-order valence-electron chi connectivity index (χ4n) is 4.62. The van der Waals surface area contributed by atoms with Gasteiger partial charge in [0.05, 0.1) is 10.6 Å². The van der Waals surface area contributed by atoms with E-state index in [-0.39, 0.29) is 35.4 Å². The van der Waals surface area contributed by atoms with Crippen LogP contribution in [0.2, 0.25) is 5.02 Å². The third-order valence-electron chi connectivity index (χ3n) is 6.95. The molecule has 4 aromatic carbocycles. The highest BCUT2D eigenvalue weighted by molar-refractivity contribution is 7.92. The third-order valence-corrected chi connectivity index (χ3v) is 8.99. The summed E-state index contributed by atoms with van der Waals surface area (Å²) in [6, 6.07) is 27.9. The van der Waals surface area contributed by atoms with Crippen LogP contribution >= 0.6 is 11.6 Å². The van der Waals surface area contributed by atoms with Gasteiger partial charge >= 0.3 is 0 Å². The van der Waals surface area contributed by atoms with Crippen molar-refractivity contribution in [3.05, 3.63) is 131 Å². The summed E-state index contributed by atoms with van der Waals surface area (Å²) in [5, 5.41) is 3.34. The summed E-state index contributed by atoms with van der Waals surface area (Å²) in [4.78, 5) is 29.5. The highest BCUT2D eigenvalue weighted by atomic mass is 35.5. The maximum atomic E-state index is 14.4. The monoisotopic (exact) mass is 635 g/mol. The van der Waals surface area contributed by atoms with Crippen molar-refractivity contribution >= 4 is 39.1 Å². The van der Waals surface area contributed by atoms with Crippen LogP contribution in [0.4, 0.5) is 10.1 Å². The van der Waals surface area contributed by atoms with Gasteiger partial charge < -0.3 is 10.2 Å². The number of sulfonamides is 1. The minimum Gasteiger partial charge on any atom is -0.354 e. The molecular formula is C34H35ClFN3O4S. The first kappa shape index (κ1) is 32.7. The van der Waals surface area contributed by atoms with E-state index in [1.807, 2.05) is 44.2 Å². The van der Waals surface area contributed by atoms with Gasteiger partial charge in [0.15, 0.2) is 0 Å². The van der Waals surface area contributed by atoms with E-state index in [0.717, 1.165) is 9.87 Å². The summed E-state index contributed by atoms with van der Waals surface area (Å²) in [5.41, 5.74) is 1.64. The largest absolute Gasteiger partial charge is 0.354 e. The minimum atomic E-state index is -4.21. The van der Waals surface area contributed by atoms with E-state index in [1.165, 1.54) is 41.3 Å². The maximum Gasteiger partial charge on any atom is 0.264 e. The zero-order valence-corrected chi connectivity index (χ0v) is 26.1. The van der Waals surface area contributed by atoms with Crippen molar-refractivity contribution in [1.82, 2.24) is 10.2 Å². The Morgan fingerprint density at radius 1 is 0.818 bits per heavy atom. The molecule has 1 atom stereocenters. The number of anilines is 1. The molecule has 0 aliphatic heterocycles. The molecule has 0 spiro atoms. The second-order valence-corrected chi connectivity index (χ2v) is 13.1. The van der Waals surface area contributed by atoms with E-state index in [0.29, 0.717) is 17.1 Å². The fraction of sp³-hybridized carbons (Fsp3) is 0.235. The molecule has 0 saturated heterocycles. The van der Waals surface area contributed by atoms with E-state index < -0.39 is 34.3 Å². The second kappa shape index (κ2) is 15.0. The standard InChI is InChI=1S/C34H35ClFN3O4S/c1-25(2)22-37-34(41)32(21-26-9-5-3-6-10-26)38(23-27-13-17-29(36)18-14-27)33(40)24-39(30-19-15-28(35)16-20-30)44(42,43)31-11-7-4-8-12-31/h3-20,25,32H,21-24H2,1-2H3,(H,37,41)/t32-/m1/s1. The van der Waals surface area contributed by atoms with Crippen LogP contribution in [0.15, 0.2) is 114 Å². The number of carbonyl (C=O) groups excluding carboxylic acids is 2. The first-order chi connectivity index (χ1) is 21.0. The molecule has 1 N–H and O–H groups in total. The molecule has 44 heavy (non-hydrogen) atoms. The number of nitrogens with one attached hydrogen (secondary N) is 1. The minimum absolute atomic E-state index is 0.00310. The van der Waals surface area contributed by atoms with Gasteiger partial charge in [0.1, 0.15) is 18.4 Å². The van der Waals surface area contributed by atoms with Gasteiger partial charge in [-0.25, -0.2) is 12.8 Å². The highest BCUT2D eigenvalue weighted by Crippen LogP contribution is 2.26. The van der Waals surface area contributed by atoms with Gasteiger partial charge in [0.2, 0.25) is 11.8 Å². The Hall–Kier alpha value is -4.21. The summed E-state index contributed by atoms with van der Waals surface area (Å²) in [6.45, 7) is 3.68. The molecule has 0 saturated carbocycles. The molecule has 7 nitrogen and oxygen atoms in total. The van der Waals surface area contributed by atoms with E-state index >= 15 is 0 Å². The Bertz CT molecular complexity index is 1640. The van der Waals surface area contributed by atoms with Gasteiger partial charge in [-0.15, -0.1) is 0 Å². The number of nitrogens with zero attached hydrogens (tertiary/aromatic N) is 2. The van der Waals surface area contributed by atoms with E-state index in [1.54, 1.807) is 42.5 Å². The summed E-state index contributed by atoms with van der Waals surface area (Å²) in [5.74, 6) is -1.26. The van der Waals surface area contributed by atoms with E-state index in [4.69, 9.17) is 11.6 Å². The van der Waals surface area contributed by atoms with Crippen molar-refractivity contribution in [2.75, 3.05) is 17.4 Å². The van der Waals surface area contributed by atoms with Crippen LogP contribution in [0.25, 0.3) is 0 Å². The van der Waals surface area contributed by atoms with Crippen molar-refractivity contribution in [3.8, 4) is 0 Å². The van der Waals surface area contributed by atoms with Crippen LogP contribution in [0.5, 0.6) is 0 Å². The molecule has 230 valence electrons. The number of benzene rings is 4. The molecule has 10 heteroatoms. The molecule has 4 rings (SSSR count). The van der Waals surface area contributed by atoms with Crippen molar-refractivity contribution in [3.63, 3.8) is 0 Å². The molecular weight excluding hydrogens is 601 g/mol. The Balaban J connectivity index is 1.78. The van der Waals surface area contributed by atoms with Crippen LogP contribution < -0.4 is 9.62 Å². The predicted octanol–water partition coefficient (Wildman–Crippen LogP) is 6.09. The zero-order chi connectivity index (χ0) is 31.7. The second-order valence-electron chi connectivity index (χ2n) is 10.8. The Morgan fingerprint density at radius 3 is 2.00 bits per heavy atom. The summed E-state index contributed by atoms with van der Waals surface area (Å²) in [7, 11) is -4.21. The molecule has 0 heterocycles. The number of halogens is 2. The van der Waals surface area contributed by atoms with Gasteiger partial charge in [-0.1, -0.05) is 86.1 Å². The fourth-order valence-corrected chi connectivity index (χ4v) is 6.18. The smallest absolute Gasteiger partial charge is 0.264 e. The molecule has 0 radical (unpaired) electrons. The number of carbonyl (C=O) groups is 2. The lowest BCUT2D eigenvalue weighted by Gasteiger charge is -2.34. The molecule has 0 aliphatic carbocycles. The van der Waals surface area contributed by atoms with Crippen LogP contribution in [0, 0.1) is 11.7 Å². The van der Waals surface area contributed by atoms with Crippen molar-refractivity contribution in [2.45, 2.75) is 37.8 Å². The van der Waals surface area contributed by atoms with Crippen LogP contribution in [0.1, 0.15) is 25.0 Å². The quantitative estimate of drug-likeness (QED) is 0.193. The molecule has 0 fully saturated rings. The first-order valence-corrected chi connectivity index (χ1v) is 16.1. The lowest BCUT2D eigenvalue weighted by molar-refractivity contribution is -0.140. The summed E-state index contributed by atoms with van der Waals surface area (Å²) >= 11 is 6.10. The van der Waals surface area contributed by atoms with Gasteiger partial charge in [-0.3, -0.25) is 13.9 Å². The number of amides is 2. The van der Waals surface area contributed by atoms with Crippen molar-refractivity contribution < 1.29 is 22.4 Å². The van der Waals surface area contributed by atoms with Gasteiger partial charge in [-0.05, 0) is 65.6 Å². The van der Waals surface area contributed by atoms with Gasteiger partial charge in [-0.2, -0.15) is 0 Å².